The SMILES string of the molecule is N=C1CCCN1CC(=O)C12CC3CC(CC(C3)C1)C2. The molecule has 1 heterocycles. The van der Waals surface area contributed by atoms with E-state index in [0.29, 0.717) is 18.2 Å². The van der Waals surface area contributed by atoms with E-state index in [4.69, 9.17) is 5.41 Å². The van der Waals surface area contributed by atoms with E-state index in [2.05, 4.69) is 0 Å². The summed E-state index contributed by atoms with van der Waals surface area (Å²) in [6, 6.07) is 0. The Balaban J connectivity index is 1.51. The quantitative estimate of drug-likeness (QED) is 0.848. The molecule has 5 rings (SSSR count). The molecule has 3 heteroatoms. The first-order valence-corrected chi connectivity index (χ1v) is 8.00. The minimum atomic E-state index is 0.0254. The molecule has 0 amide bonds. The summed E-state index contributed by atoms with van der Waals surface area (Å²) >= 11 is 0. The molecule has 4 bridgehead atoms. The van der Waals surface area contributed by atoms with Gasteiger partial charge in [-0.05, 0) is 62.7 Å². The molecule has 19 heavy (non-hydrogen) atoms. The van der Waals surface area contributed by atoms with Gasteiger partial charge in [0.15, 0.2) is 5.78 Å². The van der Waals surface area contributed by atoms with Crippen molar-refractivity contribution in [3.8, 4) is 0 Å². The van der Waals surface area contributed by atoms with Gasteiger partial charge in [0.05, 0.1) is 12.4 Å². The van der Waals surface area contributed by atoms with Gasteiger partial charge in [-0.3, -0.25) is 10.2 Å². The molecular formula is C16H24N2O. The van der Waals surface area contributed by atoms with Gasteiger partial charge in [-0.15, -0.1) is 0 Å². The molecule has 0 spiro atoms. The molecule has 0 atom stereocenters. The fourth-order valence-corrected chi connectivity index (χ4v) is 5.70. The minimum Gasteiger partial charge on any atom is -0.353 e. The Morgan fingerprint density at radius 1 is 1.16 bits per heavy atom. The summed E-state index contributed by atoms with van der Waals surface area (Å²) in [7, 11) is 0. The molecule has 1 aliphatic heterocycles. The number of rotatable bonds is 3. The van der Waals surface area contributed by atoms with E-state index in [0.717, 1.165) is 37.1 Å². The summed E-state index contributed by atoms with van der Waals surface area (Å²) in [6.07, 6.45) is 9.61. The molecule has 104 valence electrons. The van der Waals surface area contributed by atoms with E-state index in [9.17, 15) is 4.79 Å². The average Bonchev–Trinajstić information content (AvgIpc) is 2.73. The Morgan fingerprint density at radius 3 is 2.21 bits per heavy atom. The average molecular weight is 260 g/mol. The number of amidine groups is 1. The highest BCUT2D eigenvalue weighted by Gasteiger charge is 2.54. The second-order valence-corrected chi connectivity index (χ2v) is 7.59. The van der Waals surface area contributed by atoms with Gasteiger partial charge in [-0.1, -0.05) is 0 Å². The molecule has 0 unspecified atom stereocenters. The fraction of sp³-hybridized carbons (Fsp3) is 0.875. The Morgan fingerprint density at radius 2 is 1.74 bits per heavy atom. The fourth-order valence-electron chi connectivity index (χ4n) is 5.70. The minimum absolute atomic E-state index is 0.0254. The molecule has 1 N–H and O–H groups in total. The van der Waals surface area contributed by atoms with Crippen LogP contribution in [0.15, 0.2) is 0 Å². The molecule has 0 aromatic carbocycles. The lowest BCUT2D eigenvalue weighted by Gasteiger charge is -2.56. The van der Waals surface area contributed by atoms with Crippen LogP contribution in [-0.2, 0) is 4.79 Å². The first kappa shape index (κ1) is 11.9. The lowest BCUT2D eigenvalue weighted by Crippen LogP contribution is -2.52. The molecule has 5 aliphatic rings. The van der Waals surface area contributed by atoms with Gasteiger partial charge in [0.1, 0.15) is 0 Å². The molecule has 0 radical (unpaired) electrons. The number of Topliss-reactive ketones (excluding diaryl/α,β-unsaturated/α-hetero) is 1. The molecule has 0 aromatic rings. The largest absolute Gasteiger partial charge is 0.353 e. The van der Waals surface area contributed by atoms with E-state index in [1.54, 1.807) is 0 Å². The van der Waals surface area contributed by atoms with Crippen LogP contribution in [0.2, 0.25) is 0 Å². The summed E-state index contributed by atoms with van der Waals surface area (Å²) in [5.41, 5.74) is 0.0254. The van der Waals surface area contributed by atoms with Crippen molar-refractivity contribution in [3.05, 3.63) is 0 Å². The second-order valence-electron chi connectivity index (χ2n) is 7.59. The first-order chi connectivity index (χ1) is 9.14. The molecule has 0 aromatic heterocycles. The number of carbonyl (C=O) groups excluding carboxylic acids is 1. The maximum absolute atomic E-state index is 12.9. The summed E-state index contributed by atoms with van der Waals surface area (Å²) in [5.74, 6) is 3.69. The zero-order chi connectivity index (χ0) is 13.0. The highest BCUT2D eigenvalue weighted by molar-refractivity contribution is 5.91. The van der Waals surface area contributed by atoms with Crippen LogP contribution in [0.25, 0.3) is 0 Å². The summed E-state index contributed by atoms with van der Waals surface area (Å²) < 4.78 is 0. The number of ketones is 1. The topological polar surface area (TPSA) is 44.2 Å². The number of nitrogens with zero attached hydrogens (tertiary/aromatic N) is 1. The van der Waals surface area contributed by atoms with Crippen molar-refractivity contribution in [2.24, 2.45) is 23.2 Å². The van der Waals surface area contributed by atoms with E-state index in [1.165, 1.54) is 38.5 Å². The third-order valence-electron chi connectivity index (χ3n) is 6.19. The van der Waals surface area contributed by atoms with Crippen LogP contribution in [-0.4, -0.2) is 29.6 Å². The number of hydrogen-bond acceptors (Lipinski definition) is 2. The standard InChI is InChI=1S/C16H24N2O/c17-15-2-1-3-18(15)10-14(19)16-7-11-4-12(8-16)6-13(5-11)9-16/h11-13,17H,1-10H2. The van der Waals surface area contributed by atoms with E-state index >= 15 is 0 Å². The Bertz CT molecular complexity index is 393. The van der Waals surface area contributed by atoms with Crippen LogP contribution in [0.4, 0.5) is 0 Å². The van der Waals surface area contributed by atoms with Gasteiger partial charge in [0, 0.05) is 18.4 Å². The van der Waals surface area contributed by atoms with Gasteiger partial charge in [-0.2, -0.15) is 0 Å². The van der Waals surface area contributed by atoms with Crippen LogP contribution in [0, 0.1) is 28.6 Å². The zero-order valence-corrected chi connectivity index (χ0v) is 11.7. The zero-order valence-electron chi connectivity index (χ0n) is 11.7. The maximum atomic E-state index is 12.9. The monoisotopic (exact) mass is 260 g/mol. The predicted octanol–water partition coefficient (Wildman–Crippen LogP) is 2.84. The van der Waals surface area contributed by atoms with Crippen molar-refractivity contribution in [2.75, 3.05) is 13.1 Å². The summed E-state index contributed by atoms with van der Waals surface area (Å²) in [5, 5.41) is 7.91. The first-order valence-electron chi connectivity index (χ1n) is 8.00. The molecule has 4 aliphatic carbocycles. The van der Waals surface area contributed by atoms with Gasteiger partial charge in [0.2, 0.25) is 0 Å². The van der Waals surface area contributed by atoms with Crippen molar-refractivity contribution in [2.45, 2.75) is 51.4 Å². The van der Waals surface area contributed by atoms with Crippen molar-refractivity contribution in [1.82, 2.24) is 4.90 Å². The van der Waals surface area contributed by atoms with Crippen LogP contribution in [0.1, 0.15) is 51.4 Å². The van der Waals surface area contributed by atoms with Gasteiger partial charge < -0.3 is 4.90 Å². The summed E-state index contributed by atoms with van der Waals surface area (Å²) in [4.78, 5) is 14.9. The van der Waals surface area contributed by atoms with Gasteiger partial charge >= 0.3 is 0 Å². The van der Waals surface area contributed by atoms with Crippen LogP contribution < -0.4 is 0 Å². The van der Waals surface area contributed by atoms with Crippen LogP contribution in [0.3, 0.4) is 0 Å². The number of hydrogen-bond donors (Lipinski definition) is 1. The Kier molecular flexibility index (Phi) is 2.55. The molecule has 4 saturated carbocycles. The molecule has 1 saturated heterocycles. The number of carbonyl (C=O) groups is 1. The van der Waals surface area contributed by atoms with E-state index in [-0.39, 0.29) is 5.41 Å². The third kappa shape index (κ3) is 1.85. The van der Waals surface area contributed by atoms with E-state index < -0.39 is 0 Å². The van der Waals surface area contributed by atoms with Gasteiger partial charge in [-0.25, -0.2) is 0 Å². The summed E-state index contributed by atoms with van der Waals surface area (Å²) in [6.45, 7) is 1.46. The lowest BCUT2D eigenvalue weighted by atomic mass is 9.48. The molecule has 5 fully saturated rings. The van der Waals surface area contributed by atoms with Crippen molar-refractivity contribution >= 4 is 11.6 Å². The van der Waals surface area contributed by atoms with Crippen molar-refractivity contribution in [3.63, 3.8) is 0 Å². The molecule has 3 nitrogen and oxygen atoms in total. The normalized spacial score (nSPS) is 44.1. The van der Waals surface area contributed by atoms with Crippen molar-refractivity contribution < 1.29 is 4.79 Å². The molecular weight excluding hydrogens is 236 g/mol. The number of likely N-dealkylation sites (tertiary alicyclic amines) is 1. The highest BCUT2D eigenvalue weighted by atomic mass is 16.1. The number of nitrogens with one attached hydrogen (secondary N) is 1. The predicted molar refractivity (Wildman–Crippen MR) is 74.1 cm³/mol. The maximum Gasteiger partial charge on any atom is 0.158 e. The highest BCUT2D eigenvalue weighted by Crippen LogP contribution is 2.60. The van der Waals surface area contributed by atoms with Crippen LogP contribution in [0.5, 0.6) is 0 Å². The smallest absolute Gasteiger partial charge is 0.158 e. The Hall–Kier alpha value is -0.860. The van der Waals surface area contributed by atoms with Gasteiger partial charge in [0.25, 0.3) is 0 Å². The Labute approximate surface area is 115 Å². The van der Waals surface area contributed by atoms with Crippen molar-refractivity contribution in [1.29, 1.82) is 5.41 Å². The van der Waals surface area contributed by atoms with Crippen LogP contribution >= 0.6 is 0 Å². The third-order valence-corrected chi connectivity index (χ3v) is 6.19. The second kappa shape index (κ2) is 4.07. The van der Waals surface area contributed by atoms with E-state index in [1.807, 2.05) is 4.90 Å². The lowest BCUT2D eigenvalue weighted by molar-refractivity contribution is -0.144.